The Morgan fingerprint density at radius 2 is 1.55 bits per heavy atom. The number of nitrogens with zero attached hydrogens (tertiary/aromatic N) is 3. The molecule has 1 heterocycles. The molecular weight excluding hydrogens is 285 g/mol. The molecule has 0 N–H and O–H groups in total. The van der Waals surface area contributed by atoms with Crippen LogP contribution in [0.2, 0.25) is 0 Å². The maximum absolute atomic E-state index is 13.6. The van der Waals surface area contributed by atoms with E-state index in [0.29, 0.717) is 0 Å². The Bertz CT molecular complexity index is 614. The maximum Gasteiger partial charge on any atom is 0.200 e. The van der Waals surface area contributed by atoms with Gasteiger partial charge in [0.05, 0.1) is 12.2 Å². The van der Waals surface area contributed by atoms with Gasteiger partial charge in [-0.15, -0.1) is 10.2 Å². The first-order valence-corrected chi connectivity index (χ1v) is 5.37. The molecule has 9 heteroatoms. The molecule has 2 aromatic rings. The van der Waals surface area contributed by atoms with Gasteiger partial charge in [0.15, 0.2) is 29.1 Å². The zero-order chi connectivity index (χ0) is 14.9. The van der Waals surface area contributed by atoms with Crippen LogP contribution in [-0.4, -0.2) is 28.5 Å². The predicted octanol–water partition coefficient (Wildman–Crippen LogP) is 2.29. The van der Waals surface area contributed by atoms with E-state index in [-0.39, 0.29) is 13.2 Å². The average molecular weight is 293 g/mol. The van der Waals surface area contributed by atoms with Crippen molar-refractivity contribution in [3.05, 3.63) is 35.4 Å². The van der Waals surface area contributed by atoms with Crippen molar-refractivity contribution < 1.29 is 26.7 Å². The van der Waals surface area contributed by atoms with Gasteiger partial charge in [-0.25, -0.2) is 22.0 Å². The summed E-state index contributed by atoms with van der Waals surface area (Å²) in [6.07, 6.45) is 1.10. The topological polar surface area (TPSA) is 39.9 Å². The molecule has 0 aliphatic rings. The zero-order valence-corrected chi connectivity index (χ0v) is 10.1. The average Bonchev–Trinajstić information content (AvgIpc) is 2.89. The molecule has 1 aromatic heterocycles. The van der Waals surface area contributed by atoms with Gasteiger partial charge < -0.3 is 9.30 Å². The Balaban J connectivity index is 2.62. The Morgan fingerprint density at radius 1 is 1.00 bits per heavy atom. The van der Waals surface area contributed by atoms with E-state index in [4.69, 9.17) is 4.74 Å². The number of ether oxygens (including phenoxy) is 1. The molecule has 0 saturated carbocycles. The molecule has 0 bridgehead atoms. The third-order valence-electron chi connectivity index (χ3n) is 2.59. The van der Waals surface area contributed by atoms with Crippen LogP contribution in [-0.2, 0) is 11.3 Å². The van der Waals surface area contributed by atoms with Crippen LogP contribution in [0.3, 0.4) is 0 Å². The van der Waals surface area contributed by atoms with Gasteiger partial charge in [0, 0.05) is 13.7 Å². The zero-order valence-electron chi connectivity index (χ0n) is 10.1. The van der Waals surface area contributed by atoms with Crippen LogP contribution < -0.4 is 0 Å². The van der Waals surface area contributed by atoms with Gasteiger partial charge >= 0.3 is 0 Å². The summed E-state index contributed by atoms with van der Waals surface area (Å²) < 4.78 is 72.4. The molecule has 0 spiro atoms. The van der Waals surface area contributed by atoms with E-state index in [2.05, 4.69) is 10.2 Å². The minimum atomic E-state index is -2.22. The van der Waals surface area contributed by atoms with Gasteiger partial charge in [0.2, 0.25) is 5.82 Å². The highest BCUT2D eigenvalue weighted by atomic mass is 19.2. The molecule has 0 saturated heterocycles. The fourth-order valence-electron chi connectivity index (χ4n) is 1.60. The number of methoxy groups -OCH3 is 1. The minimum absolute atomic E-state index is 0.0956. The van der Waals surface area contributed by atoms with Gasteiger partial charge in [-0.2, -0.15) is 0 Å². The van der Waals surface area contributed by atoms with Crippen molar-refractivity contribution in [2.75, 3.05) is 13.7 Å². The minimum Gasteiger partial charge on any atom is -0.383 e. The molecule has 0 aliphatic carbocycles. The highest BCUT2D eigenvalue weighted by Gasteiger charge is 2.29. The maximum atomic E-state index is 13.6. The smallest absolute Gasteiger partial charge is 0.200 e. The van der Waals surface area contributed by atoms with Crippen molar-refractivity contribution in [3.8, 4) is 11.4 Å². The summed E-state index contributed by atoms with van der Waals surface area (Å²) >= 11 is 0. The molecule has 108 valence electrons. The van der Waals surface area contributed by atoms with E-state index in [1.807, 2.05) is 0 Å². The molecule has 20 heavy (non-hydrogen) atoms. The monoisotopic (exact) mass is 293 g/mol. The summed E-state index contributed by atoms with van der Waals surface area (Å²) in [4.78, 5) is 0. The van der Waals surface area contributed by atoms with E-state index >= 15 is 0 Å². The number of rotatable bonds is 4. The summed E-state index contributed by atoms with van der Waals surface area (Å²) in [5.41, 5.74) is -1.12. The second-order valence-corrected chi connectivity index (χ2v) is 3.79. The third kappa shape index (κ3) is 2.24. The largest absolute Gasteiger partial charge is 0.383 e. The van der Waals surface area contributed by atoms with Gasteiger partial charge in [-0.05, 0) is 0 Å². The van der Waals surface area contributed by atoms with Crippen LogP contribution in [0.5, 0.6) is 0 Å². The van der Waals surface area contributed by atoms with E-state index in [0.717, 1.165) is 10.9 Å². The lowest BCUT2D eigenvalue weighted by Crippen LogP contribution is -2.10. The number of benzene rings is 1. The van der Waals surface area contributed by atoms with Crippen molar-refractivity contribution >= 4 is 0 Å². The van der Waals surface area contributed by atoms with Crippen molar-refractivity contribution in [1.29, 1.82) is 0 Å². The number of hydrogen-bond acceptors (Lipinski definition) is 3. The Labute approximate surface area is 109 Å². The molecule has 0 fully saturated rings. The first-order chi connectivity index (χ1) is 9.49. The third-order valence-corrected chi connectivity index (χ3v) is 2.59. The number of hydrogen-bond donors (Lipinski definition) is 0. The van der Waals surface area contributed by atoms with E-state index in [9.17, 15) is 22.0 Å². The fourth-order valence-corrected chi connectivity index (χ4v) is 1.60. The number of aromatic nitrogens is 3. The highest BCUT2D eigenvalue weighted by molar-refractivity contribution is 5.57. The molecule has 0 atom stereocenters. The van der Waals surface area contributed by atoms with Gasteiger partial charge in [-0.1, -0.05) is 0 Å². The Hall–Kier alpha value is -2.03. The highest BCUT2D eigenvalue weighted by Crippen LogP contribution is 2.30. The fraction of sp³-hybridized carbons (Fsp3) is 0.273. The normalized spacial score (nSPS) is 11.1. The molecule has 0 amide bonds. The Kier molecular flexibility index (Phi) is 3.98. The first-order valence-electron chi connectivity index (χ1n) is 5.37. The second-order valence-electron chi connectivity index (χ2n) is 3.79. The molecular formula is C11H8F5N3O. The van der Waals surface area contributed by atoms with Gasteiger partial charge in [-0.3, -0.25) is 0 Å². The van der Waals surface area contributed by atoms with Crippen molar-refractivity contribution in [2.24, 2.45) is 0 Å². The van der Waals surface area contributed by atoms with E-state index < -0.39 is 40.5 Å². The van der Waals surface area contributed by atoms with Crippen LogP contribution in [0.4, 0.5) is 22.0 Å². The molecule has 0 unspecified atom stereocenters. The first kappa shape index (κ1) is 14.4. The van der Waals surface area contributed by atoms with Gasteiger partial charge in [0.1, 0.15) is 6.33 Å². The predicted molar refractivity (Wildman–Crippen MR) is 57.1 cm³/mol. The molecule has 0 radical (unpaired) electrons. The van der Waals surface area contributed by atoms with Gasteiger partial charge in [0.25, 0.3) is 0 Å². The van der Waals surface area contributed by atoms with Crippen molar-refractivity contribution in [2.45, 2.75) is 6.54 Å². The van der Waals surface area contributed by atoms with E-state index in [1.165, 1.54) is 7.11 Å². The van der Waals surface area contributed by atoms with Crippen LogP contribution in [0.25, 0.3) is 11.4 Å². The van der Waals surface area contributed by atoms with E-state index in [1.54, 1.807) is 0 Å². The lowest BCUT2D eigenvalue weighted by Gasteiger charge is -2.09. The second kappa shape index (κ2) is 5.53. The van der Waals surface area contributed by atoms with Crippen LogP contribution in [0.1, 0.15) is 0 Å². The summed E-state index contributed by atoms with van der Waals surface area (Å²) in [7, 11) is 1.39. The van der Waals surface area contributed by atoms with Crippen molar-refractivity contribution in [3.63, 3.8) is 0 Å². The molecule has 1 aromatic carbocycles. The lowest BCUT2D eigenvalue weighted by atomic mass is 10.1. The molecule has 4 nitrogen and oxygen atoms in total. The number of halogens is 5. The standard InChI is InChI=1S/C11H8F5N3O/c1-20-3-2-19-4-17-18-11(19)5-6(12)8(14)10(16)9(15)7(5)13/h4H,2-3H2,1H3. The van der Waals surface area contributed by atoms with Crippen LogP contribution in [0.15, 0.2) is 6.33 Å². The van der Waals surface area contributed by atoms with Crippen LogP contribution >= 0.6 is 0 Å². The molecule has 2 rings (SSSR count). The Morgan fingerprint density at radius 3 is 2.10 bits per heavy atom. The quantitative estimate of drug-likeness (QED) is 0.493. The summed E-state index contributed by atoms with van der Waals surface area (Å²) in [5, 5.41) is 6.80. The summed E-state index contributed by atoms with van der Waals surface area (Å²) in [6, 6.07) is 0. The summed E-state index contributed by atoms with van der Waals surface area (Å²) in [6.45, 7) is 0.249. The van der Waals surface area contributed by atoms with Crippen molar-refractivity contribution in [1.82, 2.24) is 14.8 Å². The SMILES string of the molecule is COCCn1cnnc1-c1c(F)c(F)c(F)c(F)c1F. The van der Waals surface area contributed by atoms with Crippen LogP contribution in [0, 0.1) is 29.1 Å². The molecule has 0 aliphatic heterocycles. The lowest BCUT2D eigenvalue weighted by molar-refractivity contribution is 0.187. The summed E-state index contributed by atoms with van der Waals surface area (Å²) in [5.74, 6) is -10.6.